The SMILES string of the molecule is C=C(C)CN(CC)C(=O)CSc1nnc(-c2cccc(OC)c2)n1-c1ccccc1. The molecule has 0 radical (unpaired) electrons. The van der Waals surface area contributed by atoms with Crippen molar-refractivity contribution in [2.45, 2.75) is 19.0 Å². The van der Waals surface area contributed by atoms with Crippen molar-refractivity contribution in [3.63, 3.8) is 0 Å². The number of para-hydroxylation sites is 1. The summed E-state index contributed by atoms with van der Waals surface area (Å²) in [7, 11) is 1.64. The maximum atomic E-state index is 12.7. The van der Waals surface area contributed by atoms with E-state index in [1.54, 1.807) is 12.0 Å². The second kappa shape index (κ2) is 10.1. The van der Waals surface area contributed by atoms with Crippen molar-refractivity contribution in [3.8, 4) is 22.8 Å². The van der Waals surface area contributed by atoms with Gasteiger partial charge in [-0.15, -0.1) is 10.2 Å². The van der Waals surface area contributed by atoms with E-state index in [-0.39, 0.29) is 11.7 Å². The molecule has 0 aliphatic heterocycles. The zero-order chi connectivity index (χ0) is 21.5. The summed E-state index contributed by atoms with van der Waals surface area (Å²) < 4.78 is 7.33. The van der Waals surface area contributed by atoms with Gasteiger partial charge in [0.2, 0.25) is 5.91 Å². The predicted octanol–water partition coefficient (Wildman–Crippen LogP) is 4.46. The summed E-state index contributed by atoms with van der Waals surface area (Å²) in [6.45, 7) is 9.02. The lowest BCUT2D eigenvalue weighted by atomic mass is 10.2. The van der Waals surface area contributed by atoms with E-state index in [4.69, 9.17) is 4.74 Å². The van der Waals surface area contributed by atoms with Gasteiger partial charge in [-0.25, -0.2) is 0 Å². The molecule has 0 atom stereocenters. The summed E-state index contributed by atoms with van der Waals surface area (Å²) in [5, 5.41) is 9.48. The summed E-state index contributed by atoms with van der Waals surface area (Å²) in [5.74, 6) is 1.78. The zero-order valence-corrected chi connectivity index (χ0v) is 18.4. The number of hydrogen-bond donors (Lipinski definition) is 0. The predicted molar refractivity (Wildman–Crippen MR) is 121 cm³/mol. The maximum absolute atomic E-state index is 12.7. The monoisotopic (exact) mass is 422 g/mol. The Balaban J connectivity index is 1.92. The summed E-state index contributed by atoms with van der Waals surface area (Å²) >= 11 is 1.38. The lowest BCUT2D eigenvalue weighted by molar-refractivity contribution is -0.127. The highest BCUT2D eigenvalue weighted by Gasteiger charge is 2.19. The number of carbonyl (C=O) groups excluding carboxylic acids is 1. The van der Waals surface area contributed by atoms with Crippen LogP contribution in [0.5, 0.6) is 5.75 Å². The number of likely N-dealkylation sites (N-methyl/N-ethyl adjacent to an activating group) is 1. The number of rotatable bonds is 9. The van der Waals surface area contributed by atoms with Crippen molar-refractivity contribution < 1.29 is 9.53 Å². The fourth-order valence-corrected chi connectivity index (χ4v) is 3.90. The van der Waals surface area contributed by atoms with E-state index in [0.29, 0.717) is 24.1 Å². The average Bonchev–Trinajstić information content (AvgIpc) is 3.20. The lowest BCUT2D eigenvalue weighted by Gasteiger charge is -2.20. The Hall–Kier alpha value is -3.06. The van der Waals surface area contributed by atoms with E-state index < -0.39 is 0 Å². The van der Waals surface area contributed by atoms with Crippen LogP contribution in [0.15, 0.2) is 71.9 Å². The first-order valence-electron chi connectivity index (χ1n) is 9.73. The Labute approximate surface area is 181 Å². The molecular formula is C23H26N4O2S. The van der Waals surface area contributed by atoms with Crippen LogP contribution in [0.4, 0.5) is 0 Å². The Morgan fingerprint density at radius 3 is 2.60 bits per heavy atom. The van der Waals surface area contributed by atoms with Crippen LogP contribution in [0.25, 0.3) is 17.1 Å². The molecule has 0 saturated carbocycles. The van der Waals surface area contributed by atoms with Crippen LogP contribution in [0, 0.1) is 0 Å². The van der Waals surface area contributed by atoms with Gasteiger partial charge in [0.05, 0.1) is 12.9 Å². The third-order valence-electron chi connectivity index (χ3n) is 4.50. The Morgan fingerprint density at radius 2 is 1.93 bits per heavy atom. The minimum absolute atomic E-state index is 0.0519. The molecule has 1 heterocycles. The van der Waals surface area contributed by atoms with E-state index in [0.717, 1.165) is 22.6 Å². The Bertz CT molecular complexity index is 1020. The van der Waals surface area contributed by atoms with Gasteiger partial charge in [0.25, 0.3) is 0 Å². The third kappa shape index (κ3) is 5.10. The topological polar surface area (TPSA) is 60.3 Å². The van der Waals surface area contributed by atoms with Crippen LogP contribution in [0.1, 0.15) is 13.8 Å². The Morgan fingerprint density at radius 1 is 1.17 bits per heavy atom. The van der Waals surface area contributed by atoms with Crippen molar-refractivity contribution in [1.29, 1.82) is 0 Å². The van der Waals surface area contributed by atoms with Crippen LogP contribution in [0.2, 0.25) is 0 Å². The zero-order valence-electron chi connectivity index (χ0n) is 17.5. The van der Waals surface area contributed by atoms with E-state index in [1.165, 1.54) is 11.8 Å². The minimum Gasteiger partial charge on any atom is -0.497 e. The first-order chi connectivity index (χ1) is 14.5. The van der Waals surface area contributed by atoms with E-state index >= 15 is 0 Å². The van der Waals surface area contributed by atoms with Gasteiger partial charge < -0.3 is 9.64 Å². The van der Waals surface area contributed by atoms with E-state index in [2.05, 4.69) is 16.8 Å². The van der Waals surface area contributed by atoms with Gasteiger partial charge >= 0.3 is 0 Å². The average molecular weight is 423 g/mol. The van der Waals surface area contributed by atoms with Crippen LogP contribution < -0.4 is 4.74 Å². The molecule has 0 aliphatic rings. The molecular weight excluding hydrogens is 396 g/mol. The van der Waals surface area contributed by atoms with E-state index in [1.807, 2.05) is 73.0 Å². The molecule has 1 aromatic heterocycles. The standard InChI is InChI=1S/C23H26N4O2S/c1-5-26(15-17(2)3)21(28)16-30-23-25-24-22(18-10-9-13-20(14-18)29-4)27(23)19-11-7-6-8-12-19/h6-14H,2,5,15-16H2,1,3-4H3. The molecule has 1 amide bonds. The fraction of sp³-hybridized carbons (Fsp3) is 0.261. The number of hydrogen-bond acceptors (Lipinski definition) is 5. The van der Waals surface area contributed by atoms with Gasteiger partial charge in [-0.3, -0.25) is 9.36 Å². The van der Waals surface area contributed by atoms with Crippen LogP contribution in [0.3, 0.4) is 0 Å². The molecule has 0 fully saturated rings. The molecule has 30 heavy (non-hydrogen) atoms. The van der Waals surface area contributed by atoms with Crippen molar-refractivity contribution in [2.75, 3.05) is 26.0 Å². The quantitative estimate of drug-likeness (QED) is 0.376. The van der Waals surface area contributed by atoms with Crippen molar-refractivity contribution in [1.82, 2.24) is 19.7 Å². The van der Waals surface area contributed by atoms with Crippen LogP contribution in [-0.4, -0.2) is 51.5 Å². The lowest BCUT2D eigenvalue weighted by Crippen LogP contribution is -2.33. The first kappa shape index (κ1) is 21.6. The van der Waals surface area contributed by atoms with Gasteiger partial charge in [0.1, 0.15) is 5.75 Å². The molecule has 7 heteroatoms. The number of nitrogens with zero attached hydrogens (tertiary/aromatic N) is 4. The van der Waals surface area contributed by atoms with Crippen LogP contribution in [-0.2, 0) is 4.79 Å². The van der Waals surface area contributed by atoms with Crippen LogP contribution >= 0.6 is 11.8 Å². The highest BCUT2D eigenvalue weighted by molar-refractivity contribution is 7.99. The van der Waals surface area contributed by atoms with Gasteiger partial charge in [-0.1, -0.05) is 54.2 Å². The molecule has 3 aromatic rings. The summed E-state index contributed by atoms with van der Waals surface area (Å²) in [6.07, 6.45) is 0. The maximum Gasteiger partial charge on any atom is 0.233 e. The van der Waals surface area contributed by atoms with Crippen molar-refractivity contribution >= 4 is 17.7 Å². The number of ether oxygens (including phenoxy) is 1. The van der Waals surface area contributed by atoms with E-state index in [9.17, 15) is 4.79 Å². The molecule has 0 spiro atoms. The molecule has 156 valence electrons. The molecule has 0 saturated heterocycles. The second-order valence-corrected chi connectivity index (χ2v) is 7.81. The molecule has 0 aliphatic carbocycles. The summed E-state index contributed by atoms with van der Waals surface area (Å²) in [5.41, 5.74) is 2.79. The first-order valence-corrected chi connectivity index (χ1v) is 10.7. The number of thioether (sulfide) groups is 1. The molecule has 6 nitrogen and oxygen atoms in total. The van der Waals surface area contributed by atoms with Crippen molar-refractivity contribution in [3.05, 3.63) is 66.7 Å². The molecule has 0 N–H and O–H groups in total. The normalized spacial score (nSPS) is 10.6. The minimum atomic E-state index is 0.0519. The number of amides is 1. The molecule has 2 aromatic carbocycles. The third-order valence-corrected chi connectivity index (χ3v) is 5.41. The largest absolute Gasteiger partial charge is 0.497 e. The molecule has 3 rings (SSSR count). The number of benzene rings is 2. The Kier molecular flexibility index (Phi) is 7.30. The number of carbonyl (C=O) groups is 1. The highest BCUT2D eigenvalue weighted by atomic mass is 32.2. The number of aromatic nitrogens is 3. The molecule has 0 bridgehead atoms. The summed E-state index contributed by atoms with van der Waals surface area (Å²) in [4.78, 5) is 14.5. The van der Waals surface area contributed by atoms with Crippen molar-refractivity contribution in [2.24, 2.45) is 0 Å². The van der Waals surface area contributed by atoms with Gasteiger partial charge in [-0.2, -0.15) is 0 Å². The highest BCUT2D eigenvalue weighted by Crippen LogP contribution is 2.29. The molecule has 0 unspecified atom stereocenters. The fourth-order valence-electron chi connectivity index (χ4n) is 3.04. The van der Waals surface area contributed by atoms with Gasteiger partial charge in [-0.05, 0) is 38.1 Å². The smallest absolute Gasteiger partial charge is 0.233 e. The number of methoxy groups -OCH3 is 1. The summed E-state index contributed by atoms with van der Waals surface area (Å²) in [6, 6.07) is 17.6. The van der Waals surface area contributed by atoms with Gasteiger partial charge in [0, 0.05) is 24.3 Å². The van der Waals surface area contributed by atoms with Gasteiger partial charge in [0.15, 0.2) is 11.0 Å². The second-order valence-electron chi connectivity index (χ2n) is 6.86.